The summed E-state index contributed by atoms with van der Waals surface area (Å²) in [4.78, 5) is 23.6. The molecule has 1 amide bonds. The van der Waals surface area contributed by atoms with Gasteiger partial charge in [0, 0.05) is 18.8 Å². The van der Waals surface area contributed by atoms with Gasteiger partial charge in [0.2, 0.25) is 0 Å². The van der Waals surface area contributed by atoms with Gasteiger partial charge in [0.25, 0.3) is 26.0 Å². The van der Waals surface area contributed by atoms with E-state index in [1.54, 1.807) is 49.9 Å². The number of hydrogen-bond donors (Lipinski definition) is 2. The summed E-state index contributed by atoms with van der Waals surface area (Å²) in [6.45, 7) is -0.588. The number of esters is 1. The Morgan fingerprint density at radius 2 is 1.48 bits per heavy atom. The summed E-state index contributed by atoms with van der Waals surface area (Å²) >= 11 is 3.36. The average molecular weight is 827 g/mol. The Morgan fingerprint density at radius 3 is 2.02 bits per heavy atom. The second kappa shape index (κ2) is 12.4. The molecule has 0 bridgehead atoms. The molecule has 0 saturated heterocycles. The molecule has 214 valence electrons. The summed E-state index contributed by atoms with van der Waals surface area (Å²) < 4.78 is 110. The van der Waals surface area contributed by atoms with Gasteiger partial charge in [-0.25, -0.2) is 17.9 Å². The number of benzene rings is 3. The molecule has 0 radical (unpaired) electrons. The number of hydrogen-bond acceptors (Lipinski definition) is 9. The molecule has 11 nitrogen and oxygen atoms in total. The molecule has 40 heavy (non-hydrogen) atoms. The van der Waals surface area contributed by atoms with Gasteiger partial charge >= 0.3 is 12.3 Å². The van der Waals surface area contributed by atoms with Crippen molar-refractivity contribution in [2.75, 3.05) is 6.61 Å². The Balaban J connectivity index is 1.60. The number of ether oxygens (including phenoxy) is 3. The van der Waals surface area contributed by atoms with Gasteiger partial charge in [-0.1, -0.05) is 6.07 Å². The van der Waals surface area contributed by atoms with Gasteiger partial charge < -0.3 is 14.2 Å². The van der Waals surface area contributed by atoms with E-state index in [0.29, 0.717) is 6.07 Å². The fraction of sp³-hybridized carbons (Fsp3) is 0.0909. The van der Waals surface area contributed by atoms with Gasteiger partial charge in [-0.2, -0.15) is 8.42 Å². The lowest BCUT2D eigenvalue weighted by Crippen LogP contribution is -2.30. The van der Waals surface area contributed by atoms with E-state index in [-0.39, 0.29) is 29.1 Å². The first kappa shape index (κ1) is 31.8. The Labute approximate surface area is 252 Å². The van der Waals surface area contributed by atoms with Crippen molar-refractivity contribution in [3.05, 3.63) is 73.4 Å². The van der Waals surface area contributed by atoms with Crippen LogP contribution in [0.3, 0.4) is 0 Å². The molecule has 0 aromatic heterocycles. The van der Waals surface area contributed by atoms with Crippen LogP contribution in [0.25, 0.3) is 0 Å². The lowest BCUT2D eigenvalue weighted by atomic mass is 10.2. The fourth-order valence-corrected chi connectivity index (χ4v) is 7.92. The summed E-state index contributed by atoms with van der Waals surface area (Å²) in [7, 11) is -9.02. The highest BCUT2D eigenvalue weighted by Gasteiger charge is 2.31. The van der Waals surface area contributed by atoms with Crippen molar-refractivity contribution in [1.82, 2.24) is 4.72 Å². The first-order valence-corrected chi connectivity index (χ1v) is 15.4. The summed E-state index contributed by atoms with van der Waals surface area (Å²) in [5.74, 6) is -2.68. The van der Waals surface area contributed by atoms with Crippen LogP contribution in [-0.2, 0) is 24.9 Å². The van der Waals surface area contributed by atoms with Crippen molar-refractivity contribution in [2.24, 2.45) is 0 Å². The highest BCUT2D eigenvalue weighted by Crippen LogP contribution is 2.29. The lowest BCUT2D eigenvalue weighted by Gasteiger charge is -2.11. The largest absolute Gasteiger partial charge is 0.573 e. The third-order valence-corrected chi connectivity index (χ3v) is 9.23. The summed E-state index contributed by atoms with van der Waals surface area (Å²) in [6, 6.07) is 10.7. The number of carbonyl (C=O) groups excluding carboxylic acids is 2. The van der Waals surface area contributed by atoms with Crippen LogP contribution < -0.4 is 18.9 Å². The molecule has 3 rings (SSSR count). The smallest absolute Gasteiger partial charge is 0.482 e. The van der Waals surface area contributed by atoms with Crippen molar-refractivity contribution < 1.29 is 58.4 Å². The zero-order chi connectivity index (χ0) is 29.9. The maximum Gasteiger partial charge on any atom is 0.573 e. The molecule has 0 saturated carbocycles. The van der Waals surface area contributed by atoms with Crippen molar-refractivity contribution in [1.29, 1.82) is 0 Å². The summed E-state index contributed by atoms with van der Waals surface area (Å²) in [5, 5.41) is 0. The van der Waals surface area contributed by atoms with E-state index in [1.165, 1.54) is 24.3 Å². The highest BCUT2D eigenvalue weighted by atomic mass is 127. The number of alkyl halides is 3. The number of amides is 1. The van der Waals surface area contributed by atoms with E-state index in [1.807, 2.05) is 0 Å². The van der Waals surface area contributed by atoms with E-state index >= 15 is 0 Å². The Kier molecular flexibility index (Phi) is 9.91. The van der Waals surface area contributed by atoms with Crippen LogP contribution in [0.2, 0.25) is 0 Å². The number of halogens is 5. The molecule has 0 heterocycles. The molecular formula is C22H14F3I2NO10S2. The van der Waals surface area contributed by atoms with E-state index in [4.69, 9.17) is 9.47 Å². The molecule has 0 fully saturated rings. The summed E-state index contributed by atoms with van der Waals surface area (Å²) in [6.07, 6.45) is -5.04. The molecular weight excluding hydrogens is 813 g/mol. The summed E-state index contributed by atoms with van der Waals surface area (Å²) in [5.41, 5.74) is -0.176. The molecule has 3 aromatic carbocycles. The molecule has 18 heteroatoms. The fourth-order valence-electron chi connectivity index (χ4n) is 2.92. The van der Waals surface area contributed by atoms with Gasteiger partial charge in [0.1, 0.15) is 22.1 Å². The lowest BCUT2D eigenvalue weighted by molar-refractivity contribution is -0.274. The van der Waals surface area contributed by atoms with E-state index < -0.39 is 55.6 Å². The second-order valence-electron chi connectivity index (χ2n) is 7.44. The van der Waals surface area contributed by atoms with Crippen molar-refractivity contribution in [2.45, 2.75) is 16.2 Å². The molecule has 2 N–H and O–H groups in total. The molecule has 0 unspecified atom stereocenters. The van der Waals surface area contributed by atoms with Crippen LogP contribution in [0.4, 0.5) is 13.2 Å². The van der Waals surface area contributed by atoms with Gasteiger partial charge in [-0.15, -0.1) is 13.2 Å². The topological polar surface area (TPSA) is 162 Å². The number of rotatable bonds is 9. The monoisotopic (exact) mass is 827 g/mol. The minimum Gasteiger partial charge on any atom is -0.482 e. The molecule has 3 aromatic rings. The molecule has 0 spiro atoms. The Hall–Kier alpha value is -2.69. The molecule has 0 aliphatic heterocycles. The minimum atomic E-state index is -5.04. The van der Waals surface area contributed by atoms with Gasteiger partial charge in [0.15, 0.2) is 6.61 Å². The predicted molar refractivity (Wildman–Crippen MR) is 147 cm³/mol. The zero-order valence-electron chi connectivity index (χ0n) is 19.3. The first-order valence-electron chi connectivity index (χ1n) is 10.3. The normalized spacial score (nSPS) is 11.9. The molecule has 0 aliphatic rings. The van der Waals surface area contributed by atoms with Crippen LogP contribution >= 0.6 is 45.2 Å². The highest BCUT2D eigenvalue weighted by molar-refractivity contribution is 14.1. The number of sulfonamides is 1. The van der Waals surface area contributed by atoms with Gasteiger partial charge in [-0.05, 0) is 93.7 Å². The maximum absolute atomic E-state index is 12.4. The van der Waals surface area contributed by atoms with Gasteiger partial charge in [-0.3, -0.25) is 9.35 Å². The third kappa shape index (κ3) is 8.91. The van der Waals surface area contributed by atoms with Gasteiger partial charge in [0.05, 0.1) is 4.90 Å². The zero-order valence-corrected chi connectivity index (χ0v) is 25.3. The molecule has 0 aliphatic carbocycles. The Morgan fingerprint density at radius 1 is 0.875 bits per heavy atom. The Bertz CT molecular complexity index is 1640. The van der Waals surface area contributed by atoms with Crippen LogP contribution in [0.5, 0.6) is 17.2 Å². The second-order valence-corrected chi connectivity index (χ2v) is 12.8. The van der Waals surface area contributed by atoms with Crippen LogP contribution in [0.1, 0.15) is 10.4 Å². The number of carbonyl (C=O) groups is 2. The third-order valence-electron chi connectivity index (χ3n) is 4.51. The molecule has 0 atom stereocenters. The first-order chi connectivity index (χ1) is 18.4. The van der Waals surface area contributed by atoms with Crippen LogP contribution in [0.15, 0.2) is 70.5 Å². The van der Waals surface area contributed by atoms with E-state index in [9.17, 15) is 44.1 Å². The van der Waals surface area contributed by atoms with Crippen molar-refractivity contribution >= 4 is 77.2 Å². The SMILES string of the molecule is O=C(COc1cc(I)c(S(=O)(=O)O)c(I)c1)Oc1ccc(C(=O)NS(=O)(=O)c2cccc(OC(F)(F)F)c2)cc1. The standard InChI is InChI=1S/C22H14F3I2NO10S2/c23-22(24,25)38-14-2-1-3-16(8-14)39(31,32)28-21(30)12-4-6-13(7-5-12)37-19(29)11-36-15-9-17(26)20(18(27)10-15)40(33,34)35/h1-10H,11H2,(H,28,30)(H,33,34,35). The minimum absolute atomic E-state index is 0.0316. The van der Waals surface area contributed by atoms with E-state index in [2.05, 4.69) is 4.74 Å². The predicted octanol–water partition coefficient (Wildman–Crippen LogP) is 4.14. The van der Waals surface area contributed by atoms with Crippen molar-refractivity contribution in [3.8, 4) is 17.2 Å². The van der Waals surface area contributed by atoms with E-state index in [0.717, 1.165) is 30.3 Å². The maximum atomic E-state index is 12.4. The average Bonchev–Trinajstić information content (AvgIpc) is 2.81. The quantitative estimate of drug-likeness (QED) is 0.139. The number of nitrogens with one attached hydrogen (secondary N) is 1. The van der Waals surface area contributed by atoms with Crippen molar-refractivity contribution in [3.63, 3.8) is 0 Å². The van der Waals surface area contributed by atoms with Crippen LogP contribution in [0, 0.1) is 7.14 Å². The van der Waals surface area contributed by atoms with Crippen LogP contribution in [-0.4, -0.2) is 46.2 Å².